The van der Waals surface area contributed by atoms with Gasteiger partial charge in [-0.1, -0.05) is 35.9 Å². The molecule has 3 heteroatoms. The second-order valence-corrected chi connectivity index (χ2v) is 3.30. The molecular weight excluding hydrogens is 198 g/mol. The van der Waals surface area contributed by atoms with Gasteiger partial charge in [-0.2, -0.15) is 5.26 Å². The average Bonchev–Trinajstić information content (AvgIpc) is 2.23. The summed E-state index contributed by atoms with van der Waals surface area (Å²) in [5.41, 5.74) is 0.203. The number of aromatic hydroxyl groups is 1. The summed E-state index contributed by atoms with van der Waals surface area (Å²) in [6, 6.07) is 10.9. The van der Waals surface area contributed by atoms with Crippen molar-refractivity contribution in [2.24, 2.45) is 0 Å². The number of benzene rings is 2. The van der Waals surface area contributed by atoms with Gasteiger partial charge in [0, 0.05) is 5.39 Å². The standard InChI is InChI=1S/C11H6ClNO/c12-10-9-4-2-1-3-7(9)5-8(6-13)11(10)14/h1-5,14H. The molecule has 0 amide bonds. The summed E-state index contributed by atoms with van der Waals surface area (Å²) in [4.78, 5) is 0. The minimum Gasteiger partial charge on any atom is -0.505 e. The lowest BCUT2D eigenvalue weighted by atomic mass is 10.1. The topological polar surface area (TPSA) is 44.0 Å². The molecule has 2 aromatic rings. The minimum absolute atomic E-state index is 0.145. The van der Waals surface area contributed by atoms with Gasteiger partial charge < -0.3 is 5.11 Å². The lowest BCUT2D eigenvalue weighted by molar-refractivity contribution is 0.474. The molecule has 68 valence electrons. The molecule has 0 unspecified atom stereocenters. The van der Waals surface area contributed by atoms with Crippen molar-refractivity contribution in [3.05, 3.63) is 40.9 Å². The summed E-state index contributed by atoms with van der Waals surface area (Å²) in [6.07, 6.45) is 0. The highest BCUT2D eigenvalue weighted by atomic mass is 35.5. The highest BCUT2D eigenvalue weighted by Gasteiger charge is 2.09. The zero-order chi connectivity index (χ0) is 10.1. The van der Waals surface area contributed by atoms with E-state index >= 15 is 0 Å². The van der Waals surface area contributed by atoms with Crippen LogP contribution in [-0.4, -0.2) is 5.11 Å². The first-order valence-electron chi connectivity index (χ1n) is 4.04. The van der Waals surface area contributed by atoms with Crippen LogP contribution in [0.2, 0.25) is 5.02 Å². The van der Waals surface area contributed by atoms with Crippen molar-refractivity contribution < 1.29 is 5.11 Å². The molecule has 0 aliphatic heterocycles. The van der Waals surface area contributed by atoms with E-state index in [1.807, 2.05) is 24.3 Å². The van der Waals surface area contributed by atoms with Crippen LogP contribution in [0.25, 0.3) is 10.8 Å². The number of nitriles is 1. The summed E-state index contributed by atoms with van der Waals surface area (Å²) in [6.45, 7) is 0. The normalized spacial score (nSPS) is 10.0. The number of rotatable bonds is 0. The van der Waals surface area contributed by atoms with Crippen LogP contribution in [-0.2, 0) is 0 Å². The van der Waals surface area contributed by atoms with Crippen LogP contribution in [0.15, 0.2) is 30.3 Å². The third-order valence-corrected chi connectivity index (χ3v) is 2.46. The molecule has 0 atom stereocenters. The fourth-order valence-corrected chi connectivity index (χ4v) is 1.65. The largest absolute Gasteiger partial charge is 0.505 e. The van der Waals surface area contributed by atoms with Crippen LogP contribution in [0, 0.1) is 11.3 Å². The van der Waals surface area contributed by atoms with Crippen molar-refractivity contribution in [1.82, 2.24) is 0 Å². The number of phenols is 1. The minimum atomic E-state index is -0.145. The van der Waals surface area contributed by atoms with Gasteiger partial charge in [0.2, 0.25) is 0 Å². The SMILES string of the molecule is N#Cc1cc2ccccc2c(Cl)c1O. The Balaban J connectivity index is 2.94. The van der Waals surface area contributed by atoms with Crippen molar-refractivity contribution in [1.29, 1.82) is 5.26 Å². The molecule has 0 saturated carbocycles. The zero-order valence-electron chi connectivity index (χ0n) is 7.16. The average molecular weight is 204 g/mol. The second kappa shape index (κ2) is 3.21. The van der Waals surface area contributed by atoms with Gasteiger partial charge in [-0.15, -0.1) is 0 Å². The van der Waals surface area contributed by atoms with E-state index in [1.165, 1.54) is 0 Å². The number of fused-ring (bicyclic) bond motifs is 1. The molecule has 2 aromatic carbocycles. The maximum absolute atomic E-state index is 9.54. The molecule has 0 aliphatic rings. The Labute approximate surface area is 86.0 Å². The molecule has 2 rings (SSSR count). The van der Waals surface area contributed by atoms with Gasteiger partial charge in [0.15, 0.2) is 5.75 Å². The molecule has 0 aromatic heterocycles. The molecule has 0 radical (unpaired) electrons. The number of hydrogen-bond donors (Lipinski definition) is 1. The van der Waals surface area contributed by atoms with E-state index < -0.39 is 0 Å². The first-order valence-corrected chi connectivity index (χ1v) is 4.42. The van der Waals surface area contributed by atoms with E-state index in [0.717, 1.165) is 10.8 Å². The van der Waals surface area contributed by atoms with Gasteiger partial charge >= 0.3 is 0 Å². The van der Waals surface area contributed by atoms with Gasteiger partial charge in [0.25, 0.3) is 0 Å². The predicted octanol–water partition coefficient (Wildman–Crippen LogP) is 3.07. The van der Waals surface area contributed by atoms with Crippen LogP contribution in [0.5, 0.6) is 5.75 Å². The van der Waals surface area contributed by atoms with Gasteiger partial charge in [-0.05, 0) is 11.5 Å². The first kappa shape index (κ1) is 8.86. The number of nitrogens with zero attached hydrogens (tertiary/aromatic N) is 1. The van der Waals surface area contributed by atoms with E-state index in [1.54, 1.807) is 12.1 Å². The van der Waals surface area contributed by atoms with Crippen LogP contribution >= 0.6 is 11.6 Å². The third-order valence-electron chi connectivity index (χ3n) is 2.08. The Hall–Kier alpha value is -1.72. The van der Waals surface area contributed by atoms with E-state index in [9.17, 15) is 5.11 Å². The number of hydrogen-bond acceptors (Lipinski definition) is 2. The van der Waals surface area contributed by atoms with Crippen molar-refractivity contribution in [3.8, 4) is 11.8 Å². The maximum atomic E-state index is 9.54. The Morgan fingerprint density at radius 3 is 2.71 bits per heavy atom. The Morgan fingerprint density at radius 1 is 1.29 bits per heavy atom. The summed E-state index contributed by atoms with van der Waals surface area (Å²) >= 11 is 5.91. The van der Waals surface area contributed by atoms with Crippen LogP contribution < -0.4 is 0 Å². The number of halogens is 1. The van der Waals surface area contributed by atoms with Gasteiger partial charge in [-0.25, -0.2) is 0 Å². The molecule has 14 heavy (non-hydrogen) atoms. The predicted molar refractivity (Wildman–Crippen MR) is 55.3 cm³/mol. The van der Waals surface area contributed by atoms with Gasteiger partial charge in [0.05, 0.1) is 10.6 Å². The Morgan fingerprint density at radius 2 is 2.00 bits per heavy atom. The third kappa shape index (κ3) is 1.19. The van der Waals surface area contributed by atoms with Crippen molar-refractivity contribution in [2.75, 3.05) is 0 Å². The molecule has 2 nitrogen and oxygen atoms in total. The molecule has 0 heterocycles. The molecular formula is C11H6ClNO. The molecule has 0 spiro atoms. The monoisotopic (exact) mass is 203 g/mol. The molecule has 0 bridgehead atoms. The van der Waals surface area contributed by atoms with E-state index in [4.69, 9.17) is 16.9 Å². The highest BCUT2D eigenvalue weighted by molar-refractivity contribution is 6.37. The molecule has 0 aliphatic carbocycles. The molecule has 1 N–H and O–H groups in total. The van der Waals surface area contributed by atoms with Crippen LogP contribution in [0.1, 0.15) is 5.56 Å². The summed E-state index contributed by atoms with van der Waals surface area (Å²) in [5.74, 6) is -0.145. The van der Waals surface area contributed by atoms with E-state index in [-0.39, 0.29) is 16.3 Å². The van der Waals surface area contributed by atoms with Crippen molar-refractivity contribution >= 4 is 22.4 Å². The zero-order valence-corrected chi connectivity index (χ0v) is 7.92. The number of phenolic OH excluding ortho intramolecular Hbond substituents is 1. The van der Waals surface area contributed by atoms with Crippen molar-refractivity contribution in [2.45, 2.75) is 0 Å². The van der Waals surface area contributed by atoms with Gasteiger partial charge in [-0.3, -0.25) is 0 Å². The summed E-state index contributed by atoms with van der Waals surface area (Å²) < 4.78 is 0. The van der Waals surface area contributed by atoms with E-state index in [0.29, 0.717) is 0 Å². The second-order valence-electron chi connectivity index (χ2n) is 2.92. The van der Waals surface area contributed by atoms with Crippen LogP contribution in [0.4, 0.5) is 0 Å². The van der Waals surface area contributed by atoms with Crippen LogP contribution in [0.3, 0.4) is 0 Å². The Bertz CT molecular complexity index is 543. The van der Waals surface area contributed by atoms with E-state index in [2.05, 4.69) is 0 Å². The Kier molecular flexibility index (Phi) is 2.03. The molecule has 0 saturated heterocycles. The fourth-order valence-electron chi connectivity index (χ4n) is 1.38. The lowest BCUT2D eigenvalue weighted by Crippen LogP contribution is -1.81. The van der Waals surface area contributed by atoms with Crippen molar-refractivity contribution in [3.63, 3.8) is 0 Å². The van der Waals surface area contributed by atoms with Gasteiger partial charge in [0.1, 0.15) is 6.07 Å². The summed E-state index contributed by atoms with van der Waals surface area (Å²) in [5, 5.41) is 20.1. The smallest absolute Gasteiger partial charge is 0.152 e. The summed E-state index contributed by atoms with van der Waals surface area (Å²) in [7, 11) is 0. The molecule has 0 fully saturated rings. The quantitative estimate of drug-likeness (QED) is 0.715. The lowest BCUT2D eigenvalue weighted by Gasteiger charge is -2.03. The maximum Gasteiger partial charge on any atom is 0.152 e. The fraction of sp³-hybridized carbons (Fsp3) is 0. The highest BCUT2D eigenvalue weighted by Crippen LogP contribution is 2.34. The first-order chi connectivity index (χ1) is 6.74.